The number of hydrogen-bond acceptors (Lipinski definition) is 3. The van der Waals surface area contributed by atoms with Gasteiger partial charge in [-0.15, -0.1) is 0 Å². The number of rotatable bonds is 6. The van der Waals surface area contributed by atoms with Gasteiger partial charge in [-0.05, 0) is 36.2 Å². The van der Waals surface area contributed by atoms with Gasteiger partial charge in [0, 0.05) is 5.56 Å². The Morgan fingerprint density at radius 1 is 1.12 bits per heavy atom. The Balaban J connectivity index is 2.05. The van der Waals surface area contributed by atoms with Crippen LogP contribution in [-0.2, 0) is 6.18 Å². The third-order valence-corrected chi connectivity index (χ3v) is 3.22. The summed E-state index contributed by atoms with van der Waals surface area (Å²) in [5, 5.41) is 0. The van der Waals surface area contributed by atoms with Crippen molar-refractivity contribution < 1.29 is 22.7 Å². The predicted octanol–water partition coefficient (Wildman–Crippen LogP) is 4.50. The topological polar surface area (TPSA) is 50.4 Å². The monoisotopic (exact) mass is 352 g/mol. The molecule has 2 aromatic carbocycles. The molecule has 134 valence electrons. The third kappa shape index (κ3) is 5.41. The molecule has 0 radical (unpaired) electrons. The molecule has 2 N–H and O–H groups in total. The third-order valence-electron chi connectivity index (χ3n) is 3.22. The molecule has 7 heteroatoms. The fraction of sp³-hybridized carbons (Fsp3) is 0.278. The van der Waals surface area contributed by atoms with E-state index in [2.05, 4.69) is 10.9 Å². The minimum absolute atomic E-state index is 0.226. The van der Waals surface area contributed by atoms with Gasteiger partial charge in [0.1, 0.15) is 5.75 Å². The lowest BCUT2D eigenvalue weighted by molar-refractivity contribution is -0.137. The molecule has 0 bridgehead atoms. The lowest BCUT2D eigenvalue weighted by atomic mass is 10.2. The second-order valence-electron chi connectivity index (χ2n) is 5.86. The summed E-state index contributed by atoms with van der Waals surface area (Å²) in [5.74, 6) is 0.294. The summed E-state index contributed by atoms with van der Waals surface area (Å²) in [5.41, 5.74) is 3.80. The molecule has 0 aromatic heterocycles. The number of benzene rings is 2. The van der Waals surface area contributed by atoms with Crippen molar-refractivity contribution >= 4 is 11.6 Å². The van der Waals surface area contributed by atoms with Crippen LogP contribution in [0.5, 0.6) is 5.75 Å². The molecule has 25 heavy (non-hydrogen) atoms. The van der Waals surface area contributed by atoms with E-state index < -0.39 is 17.6 Å². The summed E-state index contributed by atoms with van der Waals surface area (Å²) in [6, 6.07) is 11.4. The number of alkyl halides is 3. The number of nitrogens with one attached hydrogen (secondary N) is 2. The zero-order valence-electron chi connectivity index (χ0n) is 13.9. The molecule has 0 fully saturated rings. The van der Waals surface area contributed by atoms with Crippen molar-refractivity contribution in [1.82, 2.24) is 5.43 Å². The van der Waals surface area contributed by atoms with Gasteiger partial charge in [-0.25, -0.2) is 0 Å². The fourth-order valence-electron chi connectivity index (χ4n) is 2.03. The van der Waals surface area contributed by atoms with Crippen molar-refractivity contribution in [1.29, 1.82) is 0 Å². The molecule has 0 spiro atoms. The summed E-state index contributed by atoms with van der Waals surface area (Å²) in [6.45, 7) is 4.50. The SMILES string of the molecule is CC(C)COc1cccc(C(=O)NNc2ccccc2C(F)(F)F)c1. The molecule has 2 rings (SSSR count). The fourth-order valence-corrected chi connectivity index (χ4v) is 2.03. The van der Waals surface area contributed by atoms with Crippen LogP contribution >= 0.6 is 0 Å². The van der Waals surface area contributed by atoms with Gasteiger partial charge in [0.25, 0.3) is 5.91 Å². The van der Waals surface area contributed by atoms with E-state index in [1.54, 1.807) is 18.2 Å². The Morgan fingerprint density at radius 2 is 1.84 bits per heavy atom. The van der Waals surface area contributed by atoms with Gasteiger partial charge in [0.05, 0.1) is 17.9 Å². The highest BCUT2D eigenvalue weighted by Gasteiger charge is 2.33. The van der Waals surface area contributed by atoms with Crippen LogP contribution < -0.4 is 15.6 Å². The highest BCUT2D eigenvalue weighted by Crippen LogP contribution is 2.34. The average Bonchev–Trinajstić information content (AvgIpc) is 2.57. The number of halogens is 3. The molecular weight excluding hydrogens is 333 g/mol. The number of ether oxygens (including phenoxy) is 1. The summed E-state index contributed by atoms with van der Waals surface area (Å²) < 4.78 is 44.3. The van der Waals surface area contributed by atoms with Crippen molar-refractivity contribution in [3.63, 3.8) is 0 Å². The molecule has 0 aliphatic rings. The minimum atomic E-state index is -4.51. The van der Waals surface area contributed by atoms with Gasteiger partial charge in [0.2, 0.25) is 0 Å². The number of anilines is 1. The second kappa shape index (κ2) is 7.92. The van der Waals surface area contributed by atoms with E-state index in [1.807, 2.05) is 13.8 Å². The Morgan fingerprint density at radius 3 is 2.52 bits per heavy atom. The van der Waals surface area contributed by atoms with Crippen LogP contribution in [0.25, 0.3) is 0 Å². The van der Waals surface area contributed by atoms with E-state index in [0.29, 0.717) is 18.3 Å². The number of carbonyl (C=O) groups is 1. The van der Waals surface area contributed by atoms with E-state index in [4.69, 9.17) is 4.74 Å². The maximum Gasteiger partial charge on any atom is 0.418 e. The first-order chi connectivity index (χ1) is 11.8. The highest BCUT2D eigenvalue weighted by molar-refractivity contribution is 5.95. The van der Waals surface area contributed by atoms with Crippen LogP contribution in [0.3, 0.4) is 0 Å². The lowest BCUT2D eigenvalue weighted by Gasteiger charge is -2.15. The summed E-state index contributed by atoms with van der Waals surface area (Å²) in [6.07, 6.45) is -4.51. The van der Waals surface area contributed by atoms with E-state index in [-0.39, 0.29) is 11.3 Å². The normalized spacial score (nSPS) is 11.3. The van der Waals surface area contributed by atoms with Crippen LogP contribution in [0.2, 0.25) is 0 Å². The van der Waals surface area contributed by atoms with Crippen molar-refractivity contribution in [2.45, 2.75) is 20.0 Å². The molecule has 0 aliphatic carbocycles. The average molecular weight is 352 g/mol. The van der Waals surface area contributed by atoms with Gasteiger partial charge < -0.3 is 4.74 Å². The molecule has 0 saturated carbocycles. The van der Waals surface area contributed by atoms with Gasteiger partial charge >= 0.3 is 6.18 Å². The quantitative estimate of drug-likeness (QED) is 0.753. The summed E-state index contributed by atoms with van der Waals surface area (Å²) in [4.78, 5) is 12.2. The molecule has 0 atom stereocenters. The highest BCUT2D eigenvalue weighted by atomic mass is 19.4. The molecule has 4 nitrogen and oxygen atoms in total. The summed E-state index contributed by atoms with van der Waals surface area (Å²) in [7, 11) is 0. The van der Waals surface area contributed by atoms with Crippen LogP contribution in [0.1, 0.15) is 29.8 Å². The maximum atomic E-state index is 12.9. The largest absolute Gasteiger partial charge is 0.493 e. The number of hydrogen-bond donors (Lipinski definition) is 2. The maximum absolute atomic E-state index is 12.9. The van der Waals surface area contributed by atoms with E-state index in [0.717, 1.165) is 6.07 Å². The molecule has 0 heterocycles. The Bertz CT molecular complexity index is 730. The zero-order chi connectivity index (χ0) is 18.4. The van der Waals surface area contributed by atoms with Crippen LogP contribution in [-0.4, -0.2) is 12.5 Å². The lowest BCUT2D eigenvalue weighted by Crippen LogP contribution is -2.30. The molecule has 0 unspecified atom stereocenters. The van der Waals surface area contributed by atoms with Crippen molar-refractivity contribution in [2.75, 3.05) is 12.0 Å². The first kappa shape index (κ1) is 18.6. The zero-order valence-corrected chi connectivity index (χ0v) is 13.9. The van der Waals surface area contributed by atoms with Crippen LogP contribution in [0.15, 0.2) is 48.5 Å². The van der Waals surface area contributed by atoms with Crippen molar-refractivity contribution in [3.05, 3.63) is 59.7 Å². The van der Waals surface area contributed by atoms with Gasteiger partial charge in [-0.1, -0.05) is 32.0 Å². The van der Waals surface area contributed by atoms with Crippen LogP contribution in [0.4, 0.5) is 18.9 Å². The van der Waals surface area contributed by atoms with Crippen molar-refractivity contribution in [2.24, 2.45) is 5.92 Å². The predicted molar refractivity (Wildman–Crippen MR) is 89.3 cm³/mol. The number of amides is 1. The molecule has 1 amide bonds. The number of carbonyl (C=O) groups excluding carboxylic acids is 1. The van der Waals surface area contributed by atoms with Gasteiger partial charge in [0.15, 0.2) is 0 Å². The van der Waals surface area contributed by atoms with Crippen molar-refractivity contribution in [3.8, 4) is 5.75 Å². The van der Waals surface area contributed by atoms with Gasteiger partial charge in [-0.2, -0.15) is 13.2 Å². The van der Waals surface area contributed by atoms with E-state index in [1.165, 1.54) is 24.3 Å². The van der Waals surface area contributed by atoms with Gasteiger partial charge in [-0.3, -0.25) is 15.6 Å². The Labute approximate surface area is 144 Å². The molecule has 2 aromatic rings. The first-order valence-corrected chi connectivity index (χ1v) is 7.73. The Kier molecular flexibility index (Phi) is 5.90. The minimum Gasteiger partial charge on any atom is -0.493 e. The summed E-state index contributed by atoms with van der Waals surface area (Å²) >= 11 is 0. The number of hydrazine groups is 1. The van der Waals surface area contributed by atoms with E-state index >= 15 is 0 Å². The standard InChI is InChI=1S/C18H19F3N2O2/c1-12(2)11-25-14-7-5-6-13(10-14)17(24)23-22-16-9-4-3-8-15(16)18(19,20)21/h3-10,12,22H,11H2,1-2H3,(H,23,24). The van der Waals surface area contributed by atoms with E-state index in [9.17, 15) is 18.0 Å². The molecular formula is C18H19F3N2O2. The first-order valence-electron chi connectivity index (χ1n) is 7.73. The van der Waals surface area contributed by atoms with Crippen LogP contribution in [0, 0.1) is 5.92 Å². The molecule has 0 saturated heterocycles. The smallest absolute Gasteiger partial charge is 0.418 e. The number of para-hydroxylation sites is 1. The molecule has 0 aliphatic heterocycles. The second-order valence-corrected chi connectivity index (χ2v) is 5.86. The Hall–Kier alpha value is -2.70.